The molecule has 1 fully saturated rings. The number of methoxy groups -OCH3 is 1. The molecule has 0 radical (unpaired) electrons. The first kappa shape index (κ1) is 16.9. The van der Waals surface area contributed by atoms with Gasteiger partial charge in [-0.1, -0.05) is 6.07 Å². The molecule has 1 unspecified atom stereocenters. The fourth-order valence-corrected chi connectivity index (χ4v) is 3.68. The van der Waals surface area contributed by atoms with Gasteiger partial charge >= 0.3 is 0 Å². The van der Waals surface area contributed by atoms with Gasteiger partial charge in [0.2, 0.25) is 5.91 Å². The molecule has 1 aromatic heterocycles. The second kappa shape index (κ2) is 7.72. The number of aryl methyl sites for hydroxylation is 1. The smallest absolute Gasteiger partial charge is 0.233 e. The maximum Gasteiger partial charge on any atom is 0.233 e. The van der Waals surface area contributed by atoms with Crippen molar-refractivity contribution in [2.45, 2.75) is 10.9 Å². The monoisotopic (exact) mass is 346 g/mol. The normalized spacial score (nSPS) is 17.8. The van der Waals surface area contributed by atoms with Crippen LogP contribution in [-0.2, 0) is 11.8 Å². The Hall–Kier alpha value is -1.99. The number of hydrogen-bond donors (Lipinski definition) is 1. The molecule has 7 heteroatoms. The van der Waals surface area contributed by atoms with Crippen molar-refractivity contribution in [3.63, 3.8) is 0 Å². The largest absolute Gasteiger partial charge is 0.497 e. The summed E-state index contributed by atoms with van der Waals surface area (Å²) in [7, 11) is 3.61. The van der Waals surface area contributed by atoms with E-state index in [1.165, 1.54) is 11.8 Å². The molecule has 3 rings (SSSR count). The molecule has 0 saturated carbocycles. The van der Waals surface area contributed by atoms with Gasteiger partial charge < -0.3 is 19.5 Å². The molecule has 1 aromatic carbocycles. The van der Waals surface area contributed by atoms with Gasteiger partial charge in [0.15, 0.2) is 0 Å². The molecule has 2 aromatic rings. The highest BCUT2D eigenvalue weighted by molar-refractivity contribution is 8.00. The van der Waals surface area contributed by atoms with Crippen molar-refractivity contribution in [3.05, 3.63) is 42.5 Å². The highest BCUT2D eigenvalue weighted by atomic mass is 32.2. The summed E-state index contributed by atoms with van der Waals surface area (Å²) in [5.74, 6) is 2.27. The SMILES string of the molecule is COc1cccc(SCC(=O)N2CCNCC2c2nccn2C)c1. The standard InChI is InChI=1S/C17H22N4O2S/c1-20-8-7-19-17(20)15-11-18-6-9-21(15)16(22)12-24-14-5-3-4-13(10-14)23-2/h3-5,7-8,10,15,18H,6,9,11-12H2,1-2H3. The fraction of sp³-hybridized carbons (Fsp3) is 0.412. The second-order valence-electron chi connectivity index (χ2n) is 5.67. The molecule has 1 saturated heterocycles. The Morgan fingerprint density at radius 1 is 1.50 bits per heavy atom. The minimum atomic E-state index is -0.0165. The van der Waals surface area contributed by atoms with Crippen LogP contribution in [0.1, 0.15) is 11.9 Å². The number of amides is 1. The summed E-state index contributed by atoms with van der Waals surface area (Å²) < 4.78 is 7.21. The van der Waals surface area contributed by atoms with Gasteiger partial charge in [-0.3, -0.25) is 4.79 Å². The first-order chi connectivity index (χ1) is 11.7. The number of carbonyl (C=O) groups is 1. The van der Waals surface area contributed by atoms with Gasteiger partial charge in [0.25, 0.3) is 0 Å². The van der Waals surface area contributed by atoms with E-state index in [0.717, 1.165) is 29.6 Å². The number of carbonyl (C=O) groups excluding carboxylic acids is 1. The summed E-state index contributed by atoms with van der Waals surface area (Å²) in [5, 5.41) is 3.35. The van der Waals surface area contributed by atoms with Gasteiger partial charge in [-0.25, -0.2) is 4.98 Å². The number of nitrogens with one attached hydrogen (secondary N) is 1. The first-order valence-electron chi connectivity index (χ1n) is 7.93. The maximum absolute atomic E-state index is 12.8. The quantitative estimate of drug-likeness (QED) is 0.835. The molecular weight excluding hydrogens is 324 g/mol. The van der Waals surface area contributed by atoms with Crippen molar-refractivity contribution < 1.29 is 9.53 Å². The van der Waals surface area contributed by atoms with E-state index < -0.39 is 0 Å². The minimum Gasteiger partial charge on any atom is -0.497 e. The Bertz CT molecular complexity index is 703. The summed E-state index contributed by atoms with van der Waals surface area (Å²) >= 11 is 1.54. The number of benzene rings is 1. The molecule has 1 atom stereocenters. The highest BCUT2D eigenvalue weighted by Crippen LogP contribution is 2.26. The summed E-state index contributed by atoms with van der Waals surface area (Å²) in [5.41, 5.74) is 0. The molecular formula is C17H22N4O2S. The average Bonchev–Trinajstić information content (AvgIpc) is 3.05. The third kappa shape index (κ3) is 3.73. The maximum atomic E-state index is 12.8. The molecule has 6 nitrogen and oxygen atoms in total. The van der Waals surface area contributed by atoms with Crippen LogP contribution in [0.25, 0.3) is 0 Å². The van der Waals surface area contributed by atoms with E-state index in [2.05, 4.69) is 10.3 Å². The minimum absolute atomic E-state index is 0.0165. The van der Waals surface area contributed by atoms with Crippen molar-refractivity contribution in [3.8, 4) is 5.75 Å². The third-order valence-electron chi connectivity index (χ3n) is 4.12. The lowest BCUT2D eigenvalue weighted by atomic mass is 10.1. The number of ether oxygens (including phenoxy) is 1. The first-order valence-corrected chi connectivity index (χ1v) is 8.92. The molecule has 1 amide bonds. The Morgan fingerprint density at radius 3 is 3.12 bits per heavy atom. The van der Waals surface area contributed by atoms with E-state index in [-0.39, 0.29) is 11.9 Å². The fourth-order valence-electron chi connectivity index (χ4n) is 2.85. The zero-order valence-corrected chi connectivity index (χ0v) is 14.8. The molecule has 2 heterocycles. The predicted molar refractivity (Wildman–Crippen MR) is 94.2 cm³/mol. The number of imidazole rings is 1. The van der Waals surface area contributed by atoms with E-state index in [1.807, 2.05) is 47.0 Å². The number of rotatable bonds is 5. The molecule has 128 valence electrons. The third-order valence-corrected chi connectivity index (χ3v) is 5.10. The lowest BCUT2D eigenvalue weighted by Gasteiger charge is -2.35. The van der Waals surface area contributed by atoms with Crippen LogP contribution >= 0.6 is 11.8 Å². The Balaban J connectivity index is 1.67. The van der Waals surface area contributed by atoms with Crippen LogP contribution in [0.3, 0.4) is 0 Å². The van der Waals surface area contributed by atoms with E-state index in [9.17, 15) is 4.79 Å². The number of hydrogen-bond acceptors (Lipinski definition) is 5. The zero-order chi connectivity index (χ0) is 16.9. The number of aromatic nitrogens is 2. The molecule has 1 N–H and O–H groups in total. The van der Waals surface area contributed by atoms with Gasteiger partial charge in [-0.05, 0) is 18.2 Å². The van der Waals surface area contributed by atoms with Gasteiger partial charge in [-0.2, -0.15) is 0 Å². The van der Waals surface area contributed by atoms with Gasteiger partial charge in [-0.15, -0.1) is 11.8 Å². The molecule has 0 spiro atoms. The van der Waals surface area contributed by atoms with Crippen molar-refractivity contribution in [1.82, 2.24) is 19.8 Å². The summed E-state index contributed by atoms with van der Waals surface area (Å²) in [6.07, 6.45) is 3.69. The summed E-state index contributed by atoms with van der Waals surface area (Å²) in [4.78, 5) is 20.1. The Morgan fingerprint density at radius 2 is 2.38 bits per heavy atom. The van der Waals surface area contributed by atoms with Gasteiger partial charge in [0.05, 0.1) is 12.9 Å². The van der Waals surface area contributed by atoms with Crippen molar-refractivity contribution >= 4 is 17.7 Å². The van der Waals surface area contributed by atoms with Crippen LogP contribution in [0.2, 0.25) is 0 Å². The Kier molecular flexibility index (Phi) is 5.42. The topological polar surface area (TPSA) is 59.4 Å². The highest BCUT2D eigenvalue weighted by Gasteiger charge is 2.30. The van der Waals surface area contributed by atoms with Crippen LogP contribution in [-0.4, -0.2) is 52.9 Å². The lowest BCUT2D eigenvalue weighted by molar-refractivity contribution is -0.131. The van der Waals surface area contributed by atoms with E-state index in [1.54, 1.807) is 13.3 Å². The van der Waals surface area contributed by atoms with E-state index >= 15 is 0 Å². The van der Waals surface area contributed by atoms with Crippen molar-refractivity contribution in [1.29, 1.82) is 0 Å². The summed E-state index contributed by atoms with van der Waals surface area (Å²) in [6, 6.07) is 7.77. The molecule has 0 bridgehead atoms. The number of thioether (sulfide) groups is 1. The van der Waals surface area contributed by atoms with Crippen molar-refractivity contribution in [2.24, 2.45) is 7.05 Å². The van der Waals surface area contributed by atoms with Crippen LogP contribution < -0.4 is 10.1 Å². The van der Waals surface area contributed by atoms with Crippen molar-refractivity contribution in [2.75, 3.05) is 32.5 Å². The van der Waals surface area contributed by atoms with Gasteiger partial charge in [0, 0.05) is 44.0 Å². The van der Waals surface area contributed by atoms with Crippen LogP contribution in [0.15, 0.2) is 41.6 Å². The zero-order valence-electron chi connectivity index (χ0n) is 13.9. The number of nitrogens with zero attached hydrogens (tertiary/aromatic N) is 3. The number of piperazine rings is 1. The summed E-state index contributed by atoms with van der Waals surface area (Å²) in [6.45, 7) is 2.26. The molecule has 1 aliphatic heterocycles. The lowest BCUT2D eigenvalue weighted by Crippen LogP contribution is -2.50. The van der Waals surface area contributed by atoms with Crippen LogP contribution in [0.5, 0.6) is 5.75 Å². The van der Waals surface area contributed by atoms with Gasteiger partial charge in [0.1, 0.15) is 17.6 Å². The van der Waals surface area contributed by atoms with Crippen LogP contribution in [0, 0.1) is 0 Å². The second-order valence-corrected chi connectivity index (χ2v) is 6.72. The predicted octanol–water partition coefficient (Wildman–Crippen LogP) is 1.69. The van der Waals surface area contributed by atoms with E-state index in [4.69, 9.17) is 4.74 Å². The average molecular weight is 346 g/mol. The molecule has 1 aliphatic rings. The van der Waals surface area contributed by atoms with Crippen LogP contribution in [0.4, 0.5) is 0 Å². The molecule has 0 aliphatic carbocycles. The van der Waals surface area contributed by atoms with E-state index in [0.29, 0.717) is 12.3 Å². The molecule has 24 heavy (non-hydrogen) atoms. The Labute approximate surface area is 146 Å².